The minimum absolute atomic E-state index is 0.146. The van der Waals surface area contributed by atoms with Gasteiger partial charge in [-0.1, -0.05) is 30.3 Å². The zero-order valence-electron chi connectivity index (χ0n) is 14.2. The minimum Gasteiger partial charge on any atom is -0.394 e. The molecule has 10 heteroatoms. The van der Waals surface area contributed by atoms with Crippen LogP contribution >= 0.6 is 0 Å². The smallest absolute Gasteiger partial charge is 0.202 e. The van der Waals surface area contributed by atoms with Crippen molar-refractivity contribution in [2.75, 3.05) is 6.61 Å². The molecule has 2 N–H and O–H groups in total. The molecule has 9 nitrogen and oxygen atoms in total. The first-order valence-corrected chi connectivity index (χ1v) is 10.0. The molecule has 4 rings (SSSR count). The van der Waals surface area contributed by atoms with Crippen molar-refractivity contribution in [3.8, 4) is 0 Å². The largest absolute Gasteiger partial charge is 0.394 e. The Balaban J connectivity index is 1.71. The lowest BCUT2D eigenvalue weighted by Gasteiger charge is -2.13. The van der Waals surface area contributed by atoms with Crippen molar-refractivity contribution in [2.24, 2.45) is 0 Å². The van der Waals surface area contributed by atoms with Crippen molar-refractivity contribution in [3.05, 3.63) is 48.5 Å². The van der Waals surface area contributed by atoms with Gasteiger partial charge < -0.3 is 14.9 Å². The van der Waals surface area contributed by atoms with Gasteiger partial charge in [0.05, 0.1) is 24.8 Å². The molecule has 1 fully saturated rings. The molecule has 1 saturated heterocycles. The standard InChI is InChI=1S/C17H18N4O5S/c22-7-13-12(23)6-14(26-13)21-10-20-15-16(21)18-9-19-17(15)27(24,25)8-11-4-2-1-3-5-11/h1-5,9-10,12-14,22-23H,6-8H2/t12-,13+,14+/m0/s1. The third-order valence-electron chi connectivity index (χ3n) is 4.51. The highest BCUT2D eigenvalue weighted by molar-refractivity contribution is 7.90. The summed E-state index contributed by atoms with van der Waals surface area (Å²) < 4.78 is 32.9. The minimum atomic E-state index is -3.73. The third kappa shape index (κ3) is 3.32. The number of fused-ring (bicyclic) bond motifs is 1. The van der Waals surface area contributed by atoms with Gasteiger partial charge >= 0.3 is 0 Å². The molecule has 0 bridgehead atoms. The molecule has 0 spiro atoms. The molecule has 1 aromatic carbocycles. The maximum absolute atomic E-state index is 12.9. The number of rotatable bonds is 5. The second kappa shape index (κ2) is 6.97. The van der Waals surface area contributed by atoms with E-state index >= 15 is 0 Å². The Morgan fingerprint density at radius 1 is 1.19 bits per heavy atom. The number of aliphatic hydroxyl groups is 2. The summed E-state index contributed by atoms with van der Waals surface area (Å²) in [4.78, 5) is 12.3. The van der Waals surface area contributed by atoms with Crippen LogP contribution in [0.1, 0.15) is 18.2 Å². The topological polar surface area (TPSA) is 127 Å². The third-order valence-corrected chi connectivity index (χ3v) is 6.11. The van der Waals surface area contributed by atoms with Crippen molar-refractivity contribution in [1.82, 2.24) is 19.5 Å². The van der Waals surface area contributed by atoms with Crippen LogP contribution in [0.3, 0.4) is 0 Å². The van der Waals surface area contributed by atoms with Crippen molar-refractivity contribution in [2.45, 2.75) is 35.6 Å². The molecule has 0 saturated carbocycles. The Labute approximate surface area is 155 Å². The highest BCUT2D eigenvalue weighted by Crippen LogP contribution is 2.31. The molecule has 1 aliphatic heterocycles. The Hall–Kier alpha value is -2.40. The summed E-state index contributed by atoms with van der Waals surface area (Å²) in [6.07, 6.45) is 0.718. The Kier molecular flexibility index (Phi) is 4.64. The van der Waals surface area contributed by atoms with Gasteiger partial charge in [-0.05, 0) is 5.56 Å². The second-order valence-corrected chi connectivity index (χ2v) is 8.27. The van der Waals surface area contributed by atoms with Crippen LogP contribution in [0.25, 0.3) is 11.2 Å². The highest BCUT2D eigenvalue weighted by Gasteiger charge is 2.35. The number of hydrogen-bond donors (Lipinski definition) is 2. The zero-order chi connectivity index (χ0) is 19.0. The van der Waals surface area contributed by atoms with Crippen molar-refractivity contribution in [3.63, 3.8) is 0 Å². The number of ether oxygens (including phenoxy) is 1. The van der Waals surface area contributed by atoms with E-state index in [1.807, 2.05) is 6.07 Å². The number of aromatic nitrogens is 4. The van der Waals surface area contributed by atoms with Crippen LogP contribution in [0, 0.1) is 0 Å². The Morgan fingerprint density at radius 2 is 1.96 bits per heavy atom. The van der Waals surface area contributed by atoms with E-state index in [1.54, 1.807) is 28.8 Å². The first-order valence-electron chi connectivity index (χ1n) is 8.38. The van der Waals surface area contributed by atoms with Crippen LogP contribution < -0.4 is 0 Å². The molecule has 0 aliphatic carbocycles. The van der Waals surface area contributed by atoms with E-state index < -0.39 is 28.3 Å². The predicted octanol–water partition coefficient (Wildman–Crippen LogP) is 0.441. The van der Waals surface area contributed by atoms with E-state index in [0.717, 1.165) is 0 Å². The fraction of sp³-hybridized carbons (Fsp3) is 0.353. The number of sulfone groups is 1. The van der Waals surface area contributed by atoms with Gasteiger partial charge in [0.25, 0.3) is 0 Å². The van der Waals surface area contributed by atoms with E-state index in [9.17, 15) is 18.6 Å². The number of nitrogens with zero attached hydrogens (tertiary/aromatic N) is 4. The van der Waals surface area contributed by atoms with E-state index in [0.29, 0.717) is 11.2 Å². The van der Waals surface area contributed by atoms with Crippen LogP contribution in [-0.2, 0) is 20.3 Å². The Morgan fingerprint density at radius 3 is 2.67 bits per heavy atom. The predicted molar refractivity (Wildman–Crippen MR) is 94.3 cm³/mol. The highest BCUT2D eigenvalue weighted by atomic mass is 32.2. The SMILES string of the molecule is O=S(=O)(Cc1ccccc1)c1ncnc2c1ncn2[C@H]1C[C@H](O)[C@@H](CO)O1. The first-order chi connectivity index (χ1) is 13.0. The Bertz CT molecular complexity index is 1050. The molecular formula is C17H18N4O5S. The van der Waals surface area contributed by atoms with Gasteiger partial charge in [-0.3, -0.25) is 4.57 Å². The molecule has 3 aromatic rings. The monoisotopic (exact) mass is 390 g/mol. The summed E-state index contributed by atoms with van der Waals surface area (Å²) in [5, 5.41) is 19.0. The first kappa shape index (κ1) is 18.0. The van der Waals surface area contributed by atoms with Gasteiger partial charge in [0.1, 0.15) is 24.2 Å². The number of imidazole rings is 1. The van der Waals surface area contributed by atoms with E-state index in [4.69, 9.17) is 4.74 Å². The van der Waals surface area contributed by atoms with E-state index in [-0.39, 0.29) is 29.3 Å². The molecule has 2 aromatic heterocycles. The molecule has 3 heterocycles. The molecular weight excluding hydrogens is 372 g/mol. The number of aliphatic hydroxyl groups excluding tert-OH is 2. The van der Waals surface area contributed by atoms with Gasteiger partial charge in [-0.2, -0.15) is 0 Å². The lowest BCUT2D eigenvalue weighted by Crippen LogP contribution is -2.24. The summed E-state index contributed by atoms with van der Waals surface area (Å²) >= 11 is 0. The molecule has 0 amide bonds. The maximum Gasteiger partial charge on any atom is 0.202 e. The normalized spacial score (nSPS) is 23.1. The van der Waals surface area contributed by atoms with Crippen molar-refractivity contribution < 1.29 is 23.4 Å². The quantitative estimate of drug-likeness (QED) is 0.601. The van der Waals surface area contributed by atoms with Crippen LogP contribution in [0.2, 0.25) is 0 Å². The molecule has 27 heavy (non-hydrogen) atoms. The summed E-state index contributed by atoms with van der Waals surface area (Å²) in [6.45, 7) is -0.310. The molecule has 3 atom stereocenters. The summed E-state index contributed by atoms with van der Waals surface area (Å²) in [7, 11) is -3.73. The van der Waals surface area contributed by atoms with E-state index in [1.165, 1.54) is 12.7 Å². The molecule has 1 aliphatic rings. The fourth-order valence-corrected chi connectivity index (χ4v) is 4.60. The summed E-state index contributed by atoms with van der Waals surface area (Å²) in [6, 6.07) is 8.83. The number of hydrogen-bond acceptors (Lipinski definition) is 8. The van der Waals surface area contributed by atoms with Gasteiger partial charge in [0, 0.05) is 6.42 Å². The maximum atomic E-state index is 12.9. The van der Waals surface area contributed by atoms with E-state index in [2.05, 4.69) is 15.0 Å². The van der Waals surface area contributed by atoms with Crippen LogP contribution in [0.4, 0.5) is 0 Å². The lowest BCUT2D eigenvalue weighted by molar-refractivity contribution is -0.0432. The fourth-order valence-electron chi connectivity index (χ4n) is 3.18. The average molecular weight is 390 g/mol. The average Bonchev–Trinajstić information content (AvgIpc) is 3.24. The van der Waals surface area contributed by atoms with Gasteiger partial charge in [0.2, 0.25) is 9.84 Å². The van der Waals surface area contributed by atoms with Crippen molar-refractivity contribution in [1.29, 1.82) is 0 Å². The van der Waals surface area contributed by atoms with Gasteiger partial charge in [0.15, 0.2) is 10.7 Å². The van der Waals surface area contributed by atoms with Crippen LogP contribution in [-0.4, -0.2) is 57.0 Å². The summed E-state index contributed by atoms with van der Waals surface area (Å²) in [5.74, 6) is -0.196. The van der Waals surface area contributed by atoms with Gasteiger partial charge in [-0.25, -0.2) is 23.4 Å². The van der Waals surface area contributed by atoms with Crippen LogP contribution in [0.5, 0.6) is 0 Å². The van der Waals surface area contributed by atoms with Crippen LogP contribution in [0.15, 0.2) is 48.0 Å². The molecule has 0 radical (unpaired) electrons. The molecule has 0 unspecified atom stereocenters. The number of benzene rings is 1. The molecule has 142 valence electrons. The summed E-state index contributed by atoms with van der Waals surface area (Å²) in [5.41, 5.74) is 1.10. The van der Waals surface area contributed by atoms with Crippen molar-refractivity contribution >= 4 is 21.0 Å². The zero-order valence-corrected chi connectivity index (χ0v) is 15.0. The van der Waals surface area contributed by atoms with Gasteiger partial charge in [-0.15, -0.1) is 0 Å². The lowest BCUT2D eigenvalue weighted by atomic mass is 10.2. The second-order valence-electron chi connectivity index (χ2n) is 6.36.